The van der Waals surface area contributed by atoms with Crippen LogP contribution in [0.5, 0.6) is 0 Å². The van der Waals surface area contributed by atoms with E-state index in [9.17, 15) is 4.79 Å². The molecule has 0 unspecified atom stereocenters. The molecule has 0 atom stereocenters. The predicted octanol–water partition coefficient (Wildman–Crippen LogP) is 3.05. The normalized spacial score (nSPS) is 18.1. The molecule has 1 saturated heterocycles. The molecule has 0 amide bonds. The number of hydrogen-bond donors (Lipinski definition) is 0. The lowest BCUT2D eigenvalue weighted by Gasteiger charge is -2.30. The van der Waals surface area contributed by atoms with E-state index in [0.717, 1.165) is 41.9 Å². The summed E-state index contributed by atoms with van der Waals surface area (Å²) in [6, 6.07) is 1.93. The highest BCUT2D eigenvalue weighted by Gasteiger charge is 2.22. The molecular weight excluding hydrogens is 314 g/mol. The summed E-state index contributed by atoms with van der Waals surface area (Å²) in [5.74, 6) is 0.886. The summed E-state index contributed by atoms with van der Waals surface area (Å²) >= 11 is 4.93. The fraction of sp³-hybridized carbons (Fsp3) is 0.615. The standard InChI is InChI=1S/C13H18BrNO2S/c1-17-9-10-2-5-15(6-3-10)8-12(16)13-11(14)4-7-18-13/h4,7,10H,2-3,5-6,8-9H2,1H3. The number of piperidine rings is 1. The first kappa shape index (κ1) is 14.2. The highest BCUT2D eigenvalue weighted by molar-refractivity contribution is 9.10. The van der Waals surface area contributed by atoms with Crippen LogP contribution in [-0.2, 0) is 4.74 Å². The number of hydrogen-bond acceptors (Lipinski definition) is 4. The number of carbonyl (C=O) groups excluding carboxylic acids is 1. The third-order valence-electron chi connectivity index (χ3n) is 3.35. The van der Waals surface area contributed by atoms with Gasteiger partial charge in [-0.25, -0.2) is 0 Å². The van der Waals surface area contributed by atoms with Crippen LogP contribution in [0.3, 0.4) is 0 Å². The van der Waals surface area contributed by atoms with Gasteiger partial charge in [-0.3, -0.25) is 9.69 Å². The lowest BCUT2D eigenvalue weighted by atomic mass is 9.97. The van der Waals surface area contributed by atoms with Crippen LogP contribution in [-0.4, -0.2) is 44.0 Å². The molecule has 0 N–H and O–H groups in total. The quantitative estimate of drug-likeness (QED) is 0.776. The molecule has 0 aromatic carbocycles. The van der Waals surface area contributed by atoms with Crippen LogP contribution in [0.1, 0.15) is 22.5 Å². The van der Waals surface area contributed by atoms with Crippen LogP contribution < -0.4 is 0 Å². The van der Waals surface area contributed by atoms with Gasteiger partial charge in [0.15, 0.2) is 5.78 Å². The fourth-order valence-electron chi connectivity index (χ4n) is 2.31. The zero-order chi connectivity index (χ0) is 13.0. The molecule has 5 heteroatoms. The van der Waals surface area contributed by atoms with Gasteiger partial charge in [-0.05, 0) is 59.2 Å². The Balaban J connectivity index is 1.81. The van der Waals surface area contributed by atoms with Crippen molar-refractivity contribution < 1.29 is 9.53 Å². The molecule has 2 rings (SSSR count). The second kappa shape index (κ2) is 6.80. The lowest BCUT2D eigenvalue weighted by molar-refractivity contribution is 0.0812. The molecular formula is C13H18BrNO2S. The van der Waals surface area contributed by atoms with Gasteiger partial charge in [0.1, 0.15) is 0 Å². The van der Waals surface area contributed by atoms with Crippen molar-refractivity contribution in [3.8, 4) is 0 Å². The van der Waals surface area contributed by atoms with Crippen molar-refractivity contribution in [2.75, 3.05) is 33.4 Å². The molecule has 1 aromatic rings. The average Bonchev–Trinajstić information content (AvgIpc) is 2.78. The molecule has 0 spiro atoms. The van der Waals surface area contributed by atoms with E-state index in [1.807, 2.05) is 11.4 Å². The van der Waals surface area contributed by atoms with Gasteiger partial charge in [0.2, 0.25) is 0 Å². The number of methoxy groups -OCH3 is 1. The minimum absolute atomic E-state index is 0.224. The third kappa shape index (κ3) is 3.63. The number of ether oxygens (including phenoxy) is 1. The summed E-state index contributed by atoms with van der Waals surface area (Å²) < 4.78 is 6.11. The van der Waals surface area contributed by atoms with Crippen LogP contribution in [0, 0.1) is 5.92 Å². The van der Waals surface area contributed by atoms with Crippen molar-refractivity contribution in [1.29, 1.82) is 0 Å². The second-order valence-corrected chi connectivity index (χ2v) is 6.47. The maximum atomic E-state index is 12.1. The smallest absolute Gasteiger partial charge is 0.187 e. The molecule has 1 fully saturated rings. The molecule has 18 heavy (non-hydrogen) atoms. The van der Waals surface area contributed by atoms with Crippen LogP contribution in [0.2, 0.25) is 0 Å². The predicted molar refractivity (Wildman–Crippen MR) is 77.4 cm³/mol. The molecule has 0 aliphatic carbocycles. The first-order valence-corrected chi connectivity index (χ1v) is 7.85. The monoisotopic (exact) mass is 331 g/mol. The van der Waals surface area contributed by atoms with E-state index < -0.39 is 0 Å². The number of rotatable bonds is 5. The highest BCUT2D eigenvalue weighted by Crippen LogP contribution is 2.24. The van der Waals surface area contributed by atoms with E-state index in [2.05, 4.69) is 20.8 Å². The zero-order valence-electron chi connectivity index (χ0n) is 10.5. The van der Waals surface area contributed by atoms with Crippen molar-refractivity contribution in [1.82, 2.24) is 4.90 Å². The average molecular weight is 332 g/mol. The summed E-state index contributed by atoms with van der Waals surface area (Å²) in [4.78, 5) is 15.2. The van der Waals surface area contributed by atoms with E-state index in [-0.39, 0.29) is 5.78 Å². The van der Waals surface area contributed by atoms with Crippen LogP contribution in [0.25, 0.3) is 0 Å². The summed E-state index contributed by atoms with van der Waals surface area (Å²) in [6.45, 7) is 3.39. The number of likely N-dealkylation sites (tertiary alicyclic amines) is 1. The maximum Gasteiger partial charge on any atom is 0.187 e. The van der Waals surface area contributed by atoms with Crippen molar-refractivity contribution in [3.05, 3.63) is 20.8 Å². The van der Waals surface area contributed by atoms with Gasteiger partial charge >= 0.3 is 0 Å². The Morgan fingerprint density at radius 3 is 2.83 bits per heavy atom. The van der Waals surface area contributed by atoms with Crippen LogP contribution in [0.4, 0.5) is 0 Å². The molecule has 1 aliphatic rings. The molecule has 1 aromatic heterocycles. The van der Waals surface area contributed by atoms with Crippen molar-refractivity contribution in [3.63, 3.8) is 0 Å². The molecule has 100 valence electrons. The van der Waals surface area contributed by atoms with E-state index in [0.29, 0.717) is 12.5 Å². The first-order valence-electron chi connectivity index (χ1n) is 6.18. The van der Waals surface area contributed by atoms with Crippen molar-refractivity contribution in [2.45, 2.75) is 12.8 Å². The Hall–Kier alpha value is -0.230. The van der Waals surface area contributed by atoms with Crippen LogP contribution >= 0.6 is 27.3 Å². The van der Waals surface area contributed by atoms with Gasteiger partial charge in [-0.1, -0.05) is 0 Å². The molecule has 3 nitrogen and oxygen atoms in total. The summed E-state index contributed by atoms with van der Waals surface area (Å²) in [5.41, 5.74) is 0. The number of Topliss-reactive ketones (excluding diaryl/α,β-unsaturated/α-hetero) is 1. The Labute approximate surface area is 120 Å². The molecule has 0 saturated carbocycles. The molecule has 0 bridgehead atoms. The SMILES string of the molecule is COCC1CCN(CC(=O)c2sccc2Br)CC1. The Bertz CT molecular complexity index is 399. The second-order valence-electron chi connectivity index (χ2n) is 4.70. The summed E-state index contributed by atoms with van der Waals surface area (Å²) in [5, 5.41) is 1.95. The number of ketones is 1. The topological polar surface area (TPSA) is 29.5 Å². The Morgan fingerprint density at radius 1 is 1.56 bits per heavy atom. The highest BCUT2D eigenvalue weighted by atomic mass is 79.9. The van der Waals surface area contributed by atoms with Crippen molar-refractivity contribution >= 4 is 33.0 Å². The van der Waals surface area contributed by atoms with Gasteiger partial charge < -0.3 is 4.74 Å². The molecule has 0 radical (unpaired) electrons. The van der Waals surface area contributed by atoms with E-state index >= 15 is 0 Å². The first-order chi connectivity index (χ1) is 8.70. The van der Waals surface area contributed by atoms with Gasteiger partial charge in [-0.2, -0.15) is 0 Å². The number of carbonyl (C=O) groups is 1. The van der Waals surface area contributed by atoms with Crippen molar-refractivity contribution in [2.24, 2.45) is 5.92 Å². The van der Waals surface area contributed by atoms with E-state index in [1.165, 1.54) is 11.3 Å². The minimum Gasteiger partial charge on any atom is -0.384 e. The van der Waals surface area contributed by atoms with Crippen LogP contribution in [0.15, 0.2) is 15.9 Å². The minimum atomic E-state index is 0.224. The number of halogens is 1. The third-order valence-corrected chi connectivity index (χ3v) is 5.23. The fourth-order valence-corrected chi connectivity index (χ4v) is 3.84. The summed E-state index contributed by atoms with van der Waals surface area (Å²) in [7, 11) is 1.75. The Kier molecular flexibility index (Phi) is 5.36. The van der Waals surface area contributed by atoms with Gasteiger partial charge in [-0.15, -0.1) is 11.3 Å². The maximum absolute atomic E-state index is 12.1. The van der Waals surface area contributed by atoms with Gasteiger partial charge in [0.05, 0.1) is 11.4 Å². The Morgan fingerprint density at radius 2 is 2.28 bits per heavy atom. The number of nitrogens with zero attached hydrogens (tertiary/aromatic N) is 1. The van der Waals surface area contributed by atoms with Gasteiger partial charge in [0.25, 0.3) is 0 Å². The van der Waals surface area contributed by atoms with E-state index in [4.69, 9.17) is 4.74 Å². The van der Waals surface area contributed by atoms with E-state index in [1.54, 1.807) is 7.11 Å². The zero-order valence-corrected chi connectivity index (χ0v) is 12.9. The molecule has 1 aliphatic heterocycles. The van der Waals surface area contributed by atoms with Gasteiger partial charge in [0, 0.05) is 18.2 Å². The largest absolute Gasteiger partial charge is 0.384 e. The lowest BCUT2D eigenvalue weighted by Crippen LogP contribution is -2.38. The summed E-state index contributed by atoms with van der Waals surface area (Å²) in [6.07, 6.45) is 2.26. The molecule has 2 heterocycles. The number of thiophene rings is 1.